The Hall–Kier alpha value is -0.900. The fraction of sp³-hybridized carbons (Fsp3) is 0.600. The van der Waals surface area contributed by atoms with Gasteiger partial charge in [-0.2, -0.15) is 13.2 Å². The minimum Gasteiger partial charge on any atom is -0.384 e. The predicted molar refractivity (Wildman–Crippen MR) is 76.1 cm³/mol. The fourth-order valence-electron chi connectivity index (χ4n) is 2.83. The minimum absolute atomic E-state index is 0.128. The first kappa shape index (κ1) is 15.5. The molecule has 2 unspecified atom stereocenters. The van der Waals surface area contributed by atoms with Crippen LogP contribution in [0.4, 0.5) is 18.9 Å². The summed E-state index contributed by atoms with van der Waals surface area (Å²) in [6.07, 6.45) is 0.508. The average molecular weight is 306 g/mol. The number of nitrogens with one attached hydrogen (secondary N) is 1. The maximum absolute atomic E-state index is 12.5. The molecule has 0 saturated heterocycles. The maximum Gasteiger partial charge on any atom is 0.416 e. The molecule has 0 aromatic heterocycles. The van der Waals surface area contributed by atoms with Gasteiger partial charge in [0.1, 0.15) is 0 Å². The van der Waals surface area contributed by atoms with Gasteiger partial charge in [-0.15, -0.1) is 0 Å². The molecule has 1 N–H and O–H groups in total. The molecule has 2 atom stereocenters. The highest BCUT2D eigenvalue weighted by atomic mass is 35.5. The molecule has 112 valence electrons. The Balaban J connectivity index is 1.96. The van der Waals surface area contributed by atoms with Crippen LogP contribution in [0.25, 0.3) is 0 Å². The number of anilines is 1. The third-order valence-electron chi connectivity index (χ3n) is 3.92. The molecule has 1 aromatic rings. The monoisotopic (exact) mass is 305 g/mol. The number of halogens is 4. The lowest BCUT2D eigenvalue weighted by Crippen LogP contribution is -2.21. The Morgan fingerprint density at radius 1 is 1.30 bits per heavy atom. The van der Waals surface area contributed by atoms with E-state index in [0.717, 1.165) is 24.6 Å². The maximum atomic E-state index is 12.5. The predicted octanol–water partition coefficient (Wildman–Crippen LogP) is 5.60. The summed E-state index contributed by atoms with van der Waals surface area (Å²) in [5.41, 5.74) is -0.128. The topological polar surface area (TPSA) is 12.0 Å². The van der Waals surface area contributed by atoms with Crippen LogP contribution in [0.1, 0.15) is 38.2 Å². The van der Waals surface area contributed by atoms with Crippen LogP contribution in [-0.4, -0.2) is 6.54 Å². The van der Waals surface area contributed by atoms with Crippen LogP contribution in [0.5, 0.6) is 0 Å². The standard InChI is InChI=1S/C15H19ClF3N/c1-10-3-2-4-11(7-10)9-20-14-6-5-12(8-13(14)16)15(17,18)19/h5-6,8,10-11,20H,2-4,7,9H2,1H3. The molecule has 0 aliphatic heterocycles. The lowest BCUT2D eigenvalue weighted by Gasteiger charge is -2.27. The second kappa shape index (κ2) is 6.25. The van der Waals surface area contributed by atoms with E-state index in [2.05, 4.69) is 12.2 Å². The normalized spacial score (nSPS) is 23.6. The molecule has 0 heterocycles. The SMILES string of the molecule is CC1CCCC(CNc2ccc(C(F)(F)F)cc2Cl)C1. The molecule has 0 spiro atoms. The Labute approximate surface area is 122 Å². The van der Waals surface area contributed by atoms with Crippen LogP contribution >= 0.6 is 11.6 Å². The first-order valence-corrected chi connectivity index (χ1v) is 7.34. The van der Waals surface area contributed by atoms with Crippen molar-refractivity contribution in [2.24, 2.45) is 11.8 Å². The first-order chi connectivity index (χ1) is 9.36. The highest BCUT2D eigenvalue weighted by molar-refractivity contribution is 6.33. The van der Waals surface area contributed by atoms with Gasteiger partial charge in [-0.1, -0.05) is 31.4 Å². The van der Waals surface area contributed by atoms with Crippen molar-refractivity contribution in [2.45, 2.75) is 38.8 Å². The molecule has 5 heteroatoms. The fourth-order valence-corrected chi connectivity index (χ4v) is 3.08. The van der Waals surface area contributed by atoms with Crippen molar-refractivity contribution in [2.75, 3.05) is 11.9 Å². The number of rotatable bonds is 3. The Kier molecular flexibility index (Phi) is 4.84. The molecule has 1 saturated carbocycles. The van der Waals surface area contributed by atoms with Gasteiger partial charge < -0.3 is 5.32 Å². The zero-order valence-electron chi connectivity index (χ0n) is 11.4. The van der Waals surface area contributed by atoms with Gasteiger partial charge >= 0.3 is 6.18 Å². The zero-order chi connectivity index (χ0) is 14.8. The number of hydrogen-bond donors (Lipinski definition) is 1. The van der Waals surface area contributed by atoms with E-state index in [1.165, 1.54) is 31.7 Å². The van der Waals surface area contributed by atoms with Crippen molar-refractivity contribution >= 4 is 17.3 Å². The van der Waals surface area contributed by atoms with Crippen LogP contribution in [0.15, 0.2) is 18.2 Å². The highest BCUT2D eigenvalue weighted by Crippen LogP contribution is 2.34. The van der Waals surface area contributed by atoms with Gasteiger partial charge in [0.05, 0.1) is 16.3 Å². The van der Waals surface area contributed by atoms with Gasteiger partial charge in [0.15, 0.2) is 0 Å². The molecule has 0 radical (unpaired) electrons. The molecule has 20 heavy (non-hydrogen) atoms. The van der Waals surface area contributed by atoms with E-state index in [1.807, 2.05) is 0 Å². The van der Waals surface area contributed by atoms with Crippen molar-refractivity contribution in [3.8, 4) is 0 Å². The molecule has 1 fully saturated rings. The molecule has 0 bridgehead atoms. The van der Waals surface area contributed by atoms with Crippen molar-refractivity contribution in [3.63, 3.8) is 0 Å². The lowest BCUT2D eigenvalue weighted by molar-refractivity contribution is -0.137. The average Bonchev–Trinajstić information content (AvgIpc) is 2.36. The Bertz CT molecular complexity index is 459. The quantitative estimate of drug-likeness (QED) is 0.766. The third kappa shape index (κ3) is 4.05. The Morgan fingerprint density at radius 3 is 2.65 bits per heavy atom. The summed E-state index contributed by atoms with van der Waals surface area (Å²) in [5, 5.41) is 3.31. The van der Waals surface area contributed by atoms with Gasteiger partial charge in [-0.25, -0.2) is 0 Å². The highest BCUT2D eigenvalue weighted by Gasteiger charge is 2.30. The van der Waals surface area contributed by atoms with E-state index in [9.17, 15) is 13.2 Å². The van der Waals surface area contributed by atoms with Crippen LogP contribution < -0.4 is 5.32 Å². The van der Waals surface area contributed by atoms with E-state index in [4.69, 9.17) is 11.6 Å². The number of hydrogen-bond acceptors (Lipinski definition) is 1. The van der Waals surface area contributed by atoms with Gasteiger partial charge in [0.2, 0.25) is 0 Å². The van der Waals surface area contributed by atoms with Crippen LogP contribution in [0, 0.1) is 11.8 Å². The van der Waals surface area contributed by atoms with E-state index in [1.54, 1.807) is 0 Å². The summed E-state index contributed by atoms with van der Waals surface area (Å²) in [4.78, 5) is 0. The van der Waals surface area contributed by atoms with E-state index < -0.39 is 11.7 Å². The van der Waals surface area contributed by atoms with Crippen LogP contribution in [-0.2, 0) is 6.18 Å². The second-order valence-electron chi connectivity index (χ2n) is 5.71. The summed E-state index contributed by atoms with van der Waals surface area (Å²) in [7, 11) is 0. The van der Waals surface area contributed by atoms with E-state index in [-0.39, 0.29) is 5.02 Å². The van der Waals surface area contributed by atoms with Crippen molar-refractivity contribution in [1.82, 2.24) is 0 Å². The molecule has 1 aliphatic rings. The van der Waals surface area contributed by atoms with Crippen molar-refractivity contribution in [3.05, 3.63) is 28.8 Å². The first-order valence-electron chi connectivity index (χ1n) is 6.97. The third-order valence-corrected chi connectivity index (χ3v) is 4.24. The summed E-state index contributed by atoms with van der Waals surface area (Å²) in [6, 6.07) is 3.46. The molecule has 1 aliphatic carbocycles. The van der Waals surface area contributed by atoms with E-state index >= 15 is 0 Å². The minimum atomic E-state index is -4.35. The summed E-state index contributed by atoms with van der Waals surface area (Å²) >= 11 is 5.92. The molecule has 2 rings (SSSR count). The van der Waals surface area contributed by atoms with Gasteiger partial charge in [-0.05, 0) is 42.9 Å². The molecular weight excluding hydrogens is 287 g/mol. The number of alkyl halides is 3. The van der Waals surface area contributed by atoms with E-state index in [0.29, 0.717) is 11.6 Å². The lowest BCUT2D eigenvalue weighted by atomic mass is 9.82. The van der Waals surface area contributed by atoms with Gasteiger partial charge in [0, 0.05) is 6.54 Å². The van der Waals surface area contributed by atoms with Gasteiger partial charge in [-0.3, -0.25) is 0 Å². The molecular formula is C15H19ClF3N. The summed E-state index contributed by atoms with van der Waals surface area (Å²) in [5.74, 6) is 1.32. The molecule has 0 amide bonds. The van der Waals surface area contributed by atoms with Gasteiger partial charge in [0.25, 0.3) is 0 Å². The van der Waals surface area contributed by atoms with Crippen molar-refractivity contribution < 1.29 is 13.2 Å². The Morgan fingerprint density at radius 2 is 2.05 bits per heavy atom. The zero-order valence-corrected chi connectivity index (χ0v) is 12.2. The largest absolute Gasteiger partial charge is 0.416 e. The van der Waals surface area contributed by atoms with Crippen LogP contribution in [0.2, 0.25) is 5.02 Å². The molecule has 1 aromatic carbocycles. The van der Waals surface area contributed by atoms with Crippen LogP contribution in [0.3, 0.4) is 0 Å². The summed E-state index contributed by atoms with van der Waals surface area (Å²) in [6.45, 7) is 3.02. The second-order valence-corrected chi connectivity index (χ2v) is 6.12. The molecule has 1 nitrogen and oxygen atoms in total. The smallest absolute Gasteiger partial charge is 0.384 e. The van der Waals surface area contributed by atoms with Crippen molar-refractivity contribution in [1.29, 1.82) is 0 Å². The number of benzene rings is 1. The summed E-state index contributed by atoms with van der Waals surface area (Å²) < 4.78 is 37.6.